The van der Waals surface area contributed by atoms with Gasteiger partial charge in [-0.1, -0.05) is 0 Å². The molecule has 2 rings (SSSR count). The van der Waals surface area contributed by atoms with Gasteiger partial charge in [0.25, 0.3) is 0 Å². The zero-order chi connectivity index (χ0) is 24.0. The first kappa shape index (κ1) is 23.5. The fraction of sp³-hybridized carbons (Fsp3) is 0.100. The Balaban J connectivity index is 2.04. The third-order valence-electron chi connectivity index (χ3n) is 3.98. The van der Waals surface area contributed by atoms with E-state index in [9.17, 15) is 28.8 Å². The van der Waals surface area contributed by atoms with Gasteiger partial charge in [0.1, 0.15) is 13.2 Å². The minimum atomic E-state index is -1.56. The number of ether oxygens (including phenoxy) is 2. The Kier molecular flexibility index (Phi) is 7.24. The molecule has 0 aliphatic carbocycles. The number of hydrogen-bond donors (Lipinski definition) is 4. The van der Waals surface area contributed by atoms with Crippen molar-refractivity contribution in [1.82, 2.24) is 0 Å². The molecule has 4 N–H and O–H groups in total. The molecule has 0 heterocycles. The highest BCUT2D eigenvalue weighted by molar-refractivity contribution is 6.05. The first-order valence-electron chi connectivity index (χ1n) is 8.58. The average molecular weight is 446 g/mol. The summed E-state index contributed by atoms with van der Waals surface area (Å²) in [5, 5.41) is 36.1. The van der Waals surface area contributed by atoms with Crippen LogP contribution < -0.4 is 0 Å². The van der Waals surface area contributed by atoms with Crippen molar-refractivity contribution in [3.8, 4) is 0 Å². The number of benzene rings is 2. The monoisotopic (exact) mass is 446 g/mol. The first-order chi connectivity index (χ1) is 15.0. The number of hydrogen-bond acceptors (Lipinski definition) is 8. The number of aromatic carboxylic acids is 4. The number of carboxylic acid groups (broad SMARTS) is 4. The molecule has 166 valence electrons. The maximum absolute atomic E-state index is 12.1. The maximum Gasteiger partial charge on any atom is 0.339 e. The van der Waals surface area contributed by atoms with Crippen LogP contribution in [0.2, 0.25) is 0 Å². The van der Waals surface area contributed by atoms with Crippen molar-refractivity contribution in [2.24, 2.45) is 0 Å². The predicted octanol–water partition coefficient (Wildman–Crippen LogP) is 1.49. The van der Waals surface area contributed by atoms with E-state index in [1.807, 2.05) is 0 Å². The van der Waals surface area contributed by atoms with Crippen molar-refractivity contribution in [2.75, 3.05) is 13.2 Å². The van der Waals surface area contributed by atoms with Gasteiger partial charge >= 0.3 is 35.8 Å². The predicted molar refractivity (Wildman–Crippen MR) is 101 cm³/mol. The fourth-order valence-electron chi connectivity index (χ4n) is 2.49. The molecule has 0 atom stereocenters. The van der Waals surface area contributed by atoms with Crippen molar-refractivity contribution in [3.63, 3.8) is 0 Å². The molecule has 32 heavy (non-hydrogen) atoms. The molecule has 0 spiro atoms. The summed E-state index contributed by atoms with van der Waals surface area (Å²) in [4.78, 5) is 68.6. The van der Waals surface area contributed by atoms with Crippen LogP contribution in [-0.4, -0.2) is 69.5 Å². The van der Waals surface area contributed by atoms with E-state index >= 15 is 0 Å². The van der Waals surface area contributed by atoms with Crippen molar-refractivity contribution < 1.29 is 58.7 Å². The third kappa shape index (κ3) is 5.44. The normalized spacial score (nSPS) is 10.1. The van der Waals surface area contributed by atoms with Crippen LogP contribution in [0.15, 0.2) is 36.4 Å². The van der Waals surface area contributed by atoms with E-state index < -0.39 is 71.3 Å². The summed E-state index contributed by atoms with van der Waals surface area (Å²) in [5.41, 5.74) is -2.75. The SMILES string of the molecule is O=C(O)c1ccc(C(=O)OCCOC(=O)c2ccc(C(=O)O)cc2C(=O)O)c(C(=O)O)c1. The Morgan fingerprint density at radius 2 is 0.875 bits per heavy atom. The number of carboxylic acids is 4. The summed E-state index contributed by atoms with van der Waals surface area (Å²) in [6, 6.07) is 5.53. The fourth-order valence-corrected chi connectivity index (χ4v) is 2.49. The molecule has 0 unspecified atom stereocenters. The Labute approximate surface area is 178 Å². The molecule has 0 bridgehead atoms. The number of esters is 2. The standard InChI is InChI=1S/C20H14O12/c21-15(22)9-1-3-11(13(7-9)17(25)26)19(29)31-5-6-32-20(30)12-4-2-10(16(23)24)8-14(12)18(27)28/h1-4,7-8H,5-6H2,(H,21,22)(H,23,24)(H,25,26)(H,27,28). The molecule has 0 aliphatic rings. The molecule has 2 aromatic carbocycles. The van der Waals surface area contributed by atoms with Gasteiger partial charge in [-0.3, -0.25) is 0 Å². The lowest BCUT2D eigenvalue weighted by molar-refractivity contribution is 0.0262. The zero-order valence-corrected chi connectivity index (χ0v) is 15.9. The van der Waals surface area contributed by atoms with Gasteiger partial charge in [-0.2, -0.15) is 0 Å². The molecule has 0 aromatic heterocycles. The Morgan fingerprint density at radius 1 is 0.531 bits per heavy atom. The summed E-state index contributed by atoms with van der Waals surface area (Å²) < 4.78 is 9.63. The van der Waals surface area contributed by atoms with Gasteiger partial charge in [0.05, 0.1) is 33.4 Å². The summed E-state index contributed by atoms with van der Waals surface area (Å²) in [6.07, 6.45) is 0. The Hall–Kier alpha value is -4.74. The third-order valence-corrected chi connectivity index (χ3v) is 3.98. The van der Waals surface area contributed by atoms with Crippen LogP contribution in [0.5, 0.6) is 0 Å². The molecule has 0 amide bonds. The van der Waals surface area contributed by atoms with Crippen LogP contribution in [0.4, 0.5) is 0 Å². The zero-order valence-electron chi connectivity index (χ0n) is 15.9. The van der Waals surface area contributed by atoms with Gasteiger partial charge < -0.3 is 29.9 Å². The quantitative estimate of drug-likeness (QED) is 0.320. The van der Waals surface area contributed by atoms with Gasteiger partial charge in [0, 0.05) is 0 Å². The first-order valence-corrected chi connectivity index (χ1v) is 8.58. The minimum absolute atomic E-state index is 0.351. The molecule has 2 aromatic rings. The highest BCUT2D eigenvalue weighted by Gasteiger charge is 2.22. The maximum atomic E-state index is 12.1. The second kappa shape index (κ2) is 9.84. The van der Waals surface area contributed by atoms with Gasteiger partial charge in [0.2, 0.25) is 0 Å². The highest BCUT2D eigenvalue weighted by atomic mass is 16.6. The van der Waals surface area contributed by atoms with Crippen LogP contribution in [0.3, 0.4) is 0 Å². The van der Waals surface area contributed by atoms with Gasteiger partial charge in [0.15, 0.2) is 0 Å². The topological polar surface area (TPSA) is 202 Å². The molecule has 0 saturated heterocycles. The molecular formula is C20H14O12. The minimum Gasteiger partial charge on any atom is -0.478 e. The van der Waals surface area contributed by atoms with E-state index in [0.717, 1.165) is 36.4 Å². The molecule has 0 saturated carbocycles. The summed E-state index contributed by atoms with van der Waals surface area (Å²) in [7, 11) is 0. The van der Waals surface area contributed by atoms with Gasteiger partial charge in [-0.05, 0) is 36.4 Å². The summed E-state index contributed by atoms with van der Waals surface area (Å²) >= 11 is 0. The molecular weight excluding hydrogens is 432 g/mol. The molecule has 0 fully saturated rings. The van der Waals surface area contributed by atoms with E-state index in [1.165, 1.54) is 0 Å². The van der Waals surface area contributed by atoms with Crippen LogP contribution in [0.1, 0.15) is 62.1 Å². The van der Waals surface area contributed by atoms with E-state index in [1.54, 1.807) is 0 Å². The Morgan fingerprint density at radius 3 is 1.16 bits per heavy atom. The Bertz CT molecular complexity index is 1040. The lowest BCUT2D eigenvalue weighted by Gasteiger charge is -2.10. The molecule has 12 nitrogen and oxygen atoms in total. The van der Waals surface area contributed by atoms with Gasteiger partial charge in [-0.15, -0.1) is 0 Å². The van der Waals surface area contributed by atoms with Crippen LogP contribution in [0.25, 0.3) is 0 Å². The van der Waals surface area contributed by atoms with Crippen molar-refractivity contribution in [1.29, 1.82) is 0 Å². The molecule has 12 heteroatoms. The van der Waals surface area contributed by atoms with Crippen LogP contribution in [-0.2, 0) is 9.47 Å². The lowest BCUT2D eigenvalue weighted by Crippen LogP contribution is -2.18. The largest absolute Gasteiger partial charge is 0.478 e. The second-order valence-corrected chi connectivity index (χ2v) is 6.01. The van der Waals surface area contributed by atoms with Crippen LogP contribution >= 0.6 is 0 Å². The lowest BCUT2D eigenvalue weighted by atomic mass is 10.0. The van der Waals surface area contributed by atoms with Crippen LogP contribution in [0, 0.1) is 0 Å². The molecule has 0 radical (unpaired) electrons. The van der Waals surface area contributed by atoms with Crippen molar-refractivity contribution in [3.05, 3.63) is 69.8 Å². The summed E-state index contributed by atoms with van der Waals surface area (Å²) in [6.45, 7) is -1.06. The average Bonchev–Trinajstić information content (AvgIpc) is 2.75. The van der Waals surface area contributed by atoms with E-state index in [2.05, 4.69) is 0 Å². The highest BCUT2D eigenvalue weighted by Crippen LogP contribution is 2.16. The van der Waals surface area contributed by atoms with E-state index in [-0.39, 0.29) is 11.1 Å². The number of rotatable bonds is 9. The number of carbonyl (C=O) groups excluding carboxylic acids is 2. The second-order valence-electron chi connectivity index (χ2n) is 6.01. The van der Waals surface area contributed by atoms with Gasteiger partial charge in [-0.25, -0.2) is 28.8 Å². The van der Waals surface area contributed by atoms with E-state index in [4.69, 9.17) is 29.9 Å². The van der Waals surface area contributed by atoms with E-state index in [0.29, 0.717) is 0 Å². The summed E-state index contributed by atoms with van der Waals surface area (Å²) in [5.74, 6) is -8.14. The van der Waals surface area contributed by atoms with Crippen molar-refractivity contribution >= 4 is 35.8 Å². The number of carbonyl (C=O) groups is 6. The molecule has 0 aliphatic heterocycles. The smallest absolute Gasteiger partial charge is 0.339 e. The van der Waals surface area contributed by atoms with Crippen molar-refractivity contribution in [2.45, 2.75) is 0 Å².